The molecule has 0 aliphatic carbocycles. The van der Waals surface area contributed by atoms with E-state index in [4.69, 9.17) is 25.8 Å². The number of hydrogen-bond donors (Lipinski definition) is 0. The van der Waals surface area contributed by atoms with Gasteiger partial charge in [0.05, 0.1) is 11.5 Å². The van der Waals surface area contributed by atoms with Crippen molar-refractivity contribution in [2.75, 3.05) is 6.61 Å². The highest BCUT2D eigenvalue weighted by Crippen LogP contribution is 2.31. The van der Waals surface area contributed by atoms with Crippen molar-refractivity contribution in [2.45, 2.75) is 20.5 Å². The van der Waals surface area contributed by atoms with Crippen molar-refractivity contribution in [3.63, 3.8) is 0 Å². The molecule has 0 spiro atoms. The van der Waals surface area contributed by atoms with Crippen LogP contribution in [-0.4, -0.2) is 23.4 Å². The second-order valence-electron chi connectivity index (χ2n) is 7.68. The molecule has 0 radical (unpaired) electrons. The van der Waals surface area contributed by atoms with Gasteiger partial charge in [0.15, 0.2) is 17.2 Å². The maximum Gasteiger partial charge on any atom is 0.363 e. The van der Waals surface area contributed by atoms with Crippen molar-refractivity contribution >= 4 is 35.2 Å². The maximum atomic E-state index is 12.4. The van der Waals surface area contributed by atoms with Gasteiger partial charge < -0.3 is 14.2 Å². The van der Waals surface area contributed by atoms with Gasteiger partial charge in [0.2, 0.25) is 5.90 Å². The van der Waals surface area contributed by atoms with Crippen molar-refractivity contribution in [3.8, 4) is 11.5 Å². The molecule has 1 heterocycles. The van der Waals surface area contributed by atoms with Crippen LogP contribution in [0.15, 0.2) is 71.4 Å². The zero-order chi connectivity index (χ0) is 24.9. The summed E-state index contributed by atoms with van der Waals surface area (Å²) in [6.07, 6.45) is 1.55. The molecular formula is C26H21ClN2O6. The second kappa shape index (κ2) is 10.4. The van der Waals surface area contributed by atoms with Crippen molar-refractivity contribution in [1.29, 1.82) is 0 Å². The smallest absolute Gasteiger partial charge is 0.363 e. The highest BCUT2D eigenvalue weighted by Gasteiger charge is 2.26. The van der Waals surface area contributed by atoms with E-state index in [2.05, 4.69) is 11.1 Å². The lowest BCUT2D eigenvalue weighted by molar-refractivity contribution is -0.384. The van der Waals surface area contributed by atoms with Crippen molar-refractivity contribution in [2.24, 2.45) is 4.99 Å². The van der Waals surface area contributed by atoms with E-state index in [1.165, 1.54) is 18.2 Å². The molecule has 35 heavy (non-hydrogen) atoms. The van der Waals surface area contributed by atoms with Gasteiger partial charge in [-0.25, -0.2) is 9.79 Å². The van der Waals surface area contributed by atoms with Crippen LogP contribution in [0.3, 0.4) is 0 Å². The molecule has 1 aliphatic heterocycles. The SMILES string of the molecule is CCOc1cc(C=C2N=C(c3ccc(Cl)c([N+](=O)[O-])c3)OC2=O)ccc1OCc1cccc(C)c1. The number of aryl methyl sites for hydroxylation is 1. The summed E-state index contributed by atoms with van der Waals surface area (Å²) in [4.78, 5) is 27.1. The van der Waals surface area contributed by atoms with Gasteiger partial charge in [-0.2, -0.15) is 0 Å². The van der Waals surface area contributed by atoms with E-state index >= 15 is 0 Å². The van der Waals surface area contributed by atoms with Crippen LogP contribution in [0.1, 0.15) is 29.2 Å². The fraction of sp³-hybridized carbons (Fsp3) is 0.154. The van der Waals surface area contributed by atoms with Crippen molar-refractivity contribution in [1.82, 2.24) is 0 Å². The van der Waals surface area contributed by atoms with Crippen molar-refractivity contribution in [3.05, 3.63) is 104 Å². The van der Waals surface area contributed by atoms with Crippen LogP contribution >= 0.6 is 11.6 Å². The number of hydrogen-bond acceptors (Lipinski definition) is 7. The van der Waals surface area contributed by atoms with E-state index in [-0.39, 0.29) is 27.9 Å². The Morgan fingerprint density at radius 1 is 1.09 bits per heavy atom. The minimum absolute atomic E-state index is 0.0207. The molecule has 3 aromatic rings. The first-order valence-electron chi connectivity index (χ1n) is 10.8. The van der Waals surface area contributed by atoms with Gasteiger partial charge in [0.1, 0.15) is 11.6 Å². The minimum Gasteiger partial charge on any atom is -0.490 e. The Morgan fingerprint density at radius 2 is 1.91 bits per heavy atom. The molecule has 3 aromatic carbocycles. The van der Waals surface area contributed by atoms with E-state index in [0.717, 1.165) is 11.1 Å². The fourth-order valence-corrected chi connectivity index (χ4v) is 3.63. The highest BCUT2D eigenvalue weighted by atomic mass is 35.5. The Labute approximate surface area is 206 Å². The Morgan fingerprint density at radius 3 is 2.66 bits per heavy atom. The third-order valence-electron chi connectivity index (χ3n) is 5.06. The summed E-state index contributed by atoms with van der Waals surface area (Å²) in [6.45, 7) is 4.70. The summed E-state index contributed by atoms with van der Waals surface area (Å²) >= 11 is 5.86. The number of ether oxygens (including phenoxy) is 3. The Hall–Kier alpha value is -4.17. The monoisotopic (exact) mass is 492 g/mol. The van der Waals surface area contributed by atoms with E-state index < -0.39 is 10.9 Å². The average molecular weight is 493 g/mol. The molecule has 0 N–H and O–H groups in total. The molecule has 178 valence electrons. The molecule has 0 bridgehead atoms. The Kier molecular flexibility index (Phi) is 7.12. The first-order chi connectivity index (χ1) is 16.8. The third-order valence-corrected chi connectivity index (χ3v) is 5.38. The van der Waals surface area contributed by atoms with Gasteiger partial charge in [0.25, 0.3) is 5.69 Å². The van der Waals surface area contributed by atoms with Crippen molar-refractivity contribution < 1.29 is 23.9 Å². The molecular weight excluding hydrogens is 472 g/mol. The molecule has 0 aromatic heterocycles. The molecule has 9 heteroatoms. The summed E-state index contributed by atoms with van der Waals surface area (Å²) in [5, 5.41) is 11.1. The van der Waals surface area contributed by atoms with E-state index in [0.29, 0.717) is 30.3 Å². The standard InChI is InChI=1S/C26H21ClN2O6/c1-3-33-24-13-17(7-10-23(24)34-15-18-6-4-5-16(2)11-18)12-21-26(30)35-25(28-21)19-8-9-20(27)22(14-19)29(31)32/h4-14H,3,15H2,1-2H3. The molecule has 8 nitrogen and oxygen atoms in total. The van der Waals surface area contributed by atoms with Crippen LogP contribution in [0.4, 0.5) is 5.69 Å². The summed E-state index contributed by atoms with van der Waals surface area (Å²) in [7, 11) is 0. The molecule has 0 saturated heterocycles. The van der Waals surface area contributed by atoms with Gasteiger partial charge >= 0.3 is 5.97 Å². The summed E-state index contributed by atoms with van der Waals surface area (Å²) < 4.78 is 16.9. The number of benzene rings is 3. The topological polar surface area (TPSA) is 100 Å². The van der Waals surface area contributed by atoms with E-state index in [1.54, 1.807) is 24.3 Å². The molecule has 1 aliphatic rings. The predicted octanol–water partition coefficient (Wildman–Crippen LogP) is 5.88. The van der Waals surface area contributed by atoms with Gasteiger partial charge in [-0.15, -0.1) is 0 Å². The zero-order valence-electron chi connectivity index (χ0n) is 19.0. The lowest BCUT2D eigenvalue weighted by atomic mass is 10.1. The van der Waals surface area contributed by atoms with Crippen LogP contribution in [0.25, 0.3) is 6.08 Å². The van der Waals surface area contributed by atoms with Crippen LogP contribution in [-0.2, 0) is 16.1 Å². The van der Waals surface area contributed by atoms with Gasteiger partial charge in [-0.3, -0.25) is 10.1 Å². The minimum atomic E-state index is -0.671. The van der Waals surface area contributed by atoms with Gasteiger partial charge in [-0.1, -0.05) is 47.5 Å². The molecule has 4 rings (SSSR count). The number of nitro groups is 1. The lowest BCUT2D eigenvalue weighted by Gasteiger charge is -2.13. The quantitative estimate of drug-likeness (QED) is 0.168. The second-order valence-corrected chi connectivity index (χ2v) is 8.08. The number of esters is 1. The number of aliphatic imine (C=N–C) groups is 1. The Bertz CT molecular complexity index is 1370. The molecule has 0 unspecified atom stereocenters. The van der Waals surface area contributed by atoms with E-state index in [1.807, 2.05) is 32.0 Å². The molecule has 0 amide bonds. The lowest BCUT2D eigenvalue weighted by Crippen LogP contribution is -2.06. The first kappa shape index (κ1) is 24.0. The fourth-order valence-electron chi connectivity index (χ4n) is 3.44. The van der Waals surface area contributed by atoms with Gasteiger partial charge in [-0.05, 0) is 55.3 Å². The molecule has 0 atom stereocenters. The van der Waals surface area contributed by atoms with E-state index in [9.17, 15) is 14.9 Å². The van der Waals surface area contributed by atoms with Crippen LogP contribution in [0.2, 0.25) is 5.02 Å². The summed E-state index contributed by atoms with van der Waals surface area (Å²) in [6, 6.07) is 17.4. The maximum absolute atomic E-state index is 12.4. The van der Waals surface area contributed by atoms with Gasteiger partial charge in [0, 0.05) is 11.6 Å². The number of carbonyl (C=O) groups excluding carboxylic acids is 1. The number of rotatable bonds is 8. The average Bonchev–Trinajstić information content (AvgIpc) is 3.19. The number of cyclic esters (lactones) is 1. The zero-order valence-corrected chi connectivity index (χ0v) is 19.7. The molecule has 0 fully saturated rings. The van der Waals surface area contributed by atoms with Crippen LogP contribution < -0.4 is 9.47 Å². The summed E-state index contributed by atoms with van der Waals surface area (Å²) in [5.41, 5.74) is 2.85. The Balaban J connectivity index is 1.58. The third kappa shape index (κ3) is 5.67. The molecule has 0 saturated carbocycles. The normalized spacial score (nSPS) is 14.0. The largest absolute Gasteiger partial charge is 0.490 e. The predicted molar refractivity (Wildman–Crippen MR) is 132 cm³/mol. The highest BCUT2D eigenvalue weighted by molar-refractivity contribution is 6.32. The van der Waals surface area contributed by atoms with Crippen LogP contribution in [0, 0.1) is 17.0 Å². The van der Waals surface area contributed by atoms with Crippen LogP contribution in [0.5, 0.6) is 11.5 Å². The number of carbonyl (C=O) groups is 1. The number of nitrogens with zero attached hydrogens (tertiary/aromatic N) is 2. The number of nitro benzene ring substituents is 1. The first-order valence-corrected chi connectivity index (χ1v) is 11.1. The number of halogens is 1. The summed E-state index contributed by atoms with van der Waals surface area (Å²) in [5.74, 6) is 0.389.